The van der Waals surface area contributed by atoms with Crippen LogP contribution in [0.2, 0.25) is 0 Å². The molecular weight excluding hydrogens is 208 g/mol. The standard InChI is InChI=1S/C10H18N4O2/c1-4-8(10(15)16)13(3)6-9-11-7-12-14(9)5-2/h7-8H,4-6H2,1-3H3,(H,15,16). The van der Waals surface area contributed by atoms with Crippen LogP contribution in [0.15, 0.2) is 6.33 Å². The third-order valence-electron chi connectivity index (χ3n) is 2.59. The molecule has 0 fully saturated rings. The van der Waals surface area contributed by atoms with Gasteiger partial charge in [0.15, 0.2) is 0 Å². The summed E-state index contributed by atoms with van der Waals surface area (Å²) in [4.78, 5) is 16.9. The monoisotopic (exact) mass is 226 g/mol. The Kier molecular flexibility index (Phi) is 4.42. The molecule has 0 amide bonds. The molecular formula is C10H18N4O2. The van der Waals surface area contributed by atoms with E-state index in [2.05, 4.69) is 10.1 Å². The summed E-state index contributed by atoms with van der Waals surface area (Å²) in [6, 6.07) is -0.470. The molecule has 0 radical (unpaired) electrons. The van der Waals surface area contributed by atoms with Gasteiger partial charge >= 0.3 is 5.97 Å². The molecule has 0 aliphatic heterocycles. The van der Waals surface area contributed by atoms with Gasteiger partial charge in [0.25, 0.3) is 0 Å². The van der Waals surface area contributed by atoms with Gasteiger partial charge in [-0.25, -0.2) is 9.67 Å². The second kappa shape index (κ2) is 5.60. The maximum absolute atomic E-state index is 11.0. The van der Waals surface area contributed by atoms with Crippen LogP contribution in [0.1, 0.15) is 26.1 Å². The average Bonchev–Trinajstić information content (AvgIpc) is 2.65. The Morgan fingerprint density at radius 1 is 1.62 bits per heavy atom. The zero-order chi connectivity index (χ0) is 12.1. The maximum Gasteiger partial charge on any atom is 0.320 e. The van der Waals surface area contributed by atoms with E-state index in [-0.39, 0.29) is 0 Å². The summed E-state index contributed by atoms with van der Waals surface area (Å²) in [5, 5.41) is 13.1. The molecule has 6 nitrogen and oxygen atoms in total. The van der Waals surface area contributed by atoms with E-state index in [1.54, 1.807) is 16.6 Å². The van der Waals surface area contributed by atoms with E-state index in [9.17, 15) is 4.79 Å². The van der Waals surface area contributed by atoms with Gasteiger partial charge in [-0.05, 0) is 20.4 Å². The van der Waals surface area contributed by atoms with E-state index < -0.39 is 12.0 Å². The van der Waals surface area contributed by atoms with Crippen molar-refractivity contribution in [2.75, 3.05) is 7.05 Å². The first-order valence-corrected chi connectivity index (χ1v) is 5.39. The van der Waals surface area contributed by atoms with Gasteiger partial charge in [-0.1, -0.05) is 6.92 Å². The van der Waals surface area contributed by atoms with Crippen molar-refractivity contribution in [3.05, 3.63) is 12.2 Å². The first kappa shape index (κ1) is 12.6. The molecule has 16 heavy (non-hydrogen) atoms. The lowest BCUT2D eigenvalue weighted by molar-refractivity contribution is -0.143. The van der Waals surface area contributed by atoms with Gasteiger partial charge in [-0.15, -0.1) is 0 Å². The van der Waals surface area contributed by atoms with Crippen LogP contribution in [0.3, 0.4) is 0 Å². The molecule has 1 aromatic heterocycles. The van der Waals surface area contributed by atoms with Crippen LogP contribution >= 0.6 is 0 Å². The van der Waals surface area contributed by atoms with Gasteiger partial charge in [0, 0.05) is 6.54 Å². The highest BCUT2D eigenvalue weighted by Gasteiger charge is 2.21. The van der Waals surface area contributed by atoms with Crippen molar-refractivity contribution in [1.29, 1.82) is 0 Å². The van der Waals surface area contributed by atoms with Crippen LogP contribution < -0.4 is 0 Å². The Morgan fingerprint density at radius 2 is 2.31 bits per heavy atom. The third kappa shape index (κ3) is 2.79. The minimum absolute atomic E-state index is 0.470. The Labute approximate surface area is 94.9 Å². The number of nitrogens with zero attached hydrogens (tertiary/aromatic N) is 4. The largest absolute Gasteiger partial charge is 0.480 e. The summed E-state index contributed by atoms with van der Waals surface area (Å²) in [5.41, 5.74) is 0. The van der Waals surface area contributed by atoms with Gasteiger partial charge < -0.3 is 5.11 Å². The van der Waals surface area contributed by atoms with Crippen LogP contribution in [0.4, 0.5) is 0 Å². The van der Waals surface area contributed by atoms with Crippen LogP contribution in [-0.4, -0.2) is 43.8 Å². The topological polar surface area (TPSA) is 71.2 Å². The second-order valence-corrected chi connectivity index (χ2v) is 3.67. The molecule has 1 rings (SSSR count). The number of carboxylic acids is 1. The van der Waals surface area contributed by atoms with E-state index in [0.717, 1.165) is 12.4 Å². The number of aryl methyl sites for hydroxylation is 1. The highest BCUT2D eigenvalue weighted by Crippen LogP contribution is 2.06. The summed E-state index contributed by atoms with van der Waals surface area (Å²) in [7, 11) is 1.79. The van der Waals surface area contributed by atoms with Crippen LogP contribution in [0, 0.1) is 0 Å². The number of rotatable bonds is 6. The van der Waals surface area contributed by atoms with Crippen LogP contribution in [-0.2, 0) is 17.9 Å². The van der Waals surface area contributed by atoms with Crippen LogP contribution in [0.5, 0.6) is 0 Å². The Balaban J connectivity index is 2.69. The summed E-state index contributed by atoms with van der Waals surface area (Å²) < 4.78 is 1.77. The van der Waals surface area contributed by atoms with E-state index in [1.807, 2.05) is 13.8 Å². The molecule has 0 bridgehead atoms. The van der Waals surface area contributed by atoms with E-state index in [4.69, 9.17) is 5.11 Å². The number of carboxylic acid groups (broad SMARTS) is 1. The Hall–Kier alpha value is -1.43. The summed E-state index contributed by atoms with van der Waals surface area (Å²) in [6.45, 7) is 5.08. The highest BCUT2D eigenvalue weighted by molar-refractivity contribution is 5.73. The minimum atomic E-state index is -0.799. The Morgan fingerprint density at radius 3 is 2.81 bits per heavy atom. The molecule has 6 heteroatoms. The molecule has 1 aromatic rings. The summed E-state index contributed by atoms with van der Waals surface area (Å²) in [6.07, 6.45) is 2.07. The van der Waals surface area contributed by atoms with Gasteiger partial charge in [0.05, 0.1) is 6.54 Å². The van der Waals surface area contributed by atoms with Crippen molar-refractivity contribution in [2.24, 2.45) is 0 Å². The van der Waals surface area contributed by atoms with E-state index in [1.165, 1.54) is 6.33 Å². The Bertz CT molecular complexity index is 350. The highest BCUT2D eigenvalue weighted by atomic mass is 16.4. The zero-order valence-electron chi connectivity index (χ0n) is 9.92. The van der Waals surface area contributed by atoms with Crippen molar-refractivity contribution < 1.29 is 9.90 Å². The smallest absolute Gasteiger partial charge is 0.320 e. The molecule has 0 aliphatic carbocycles. The fourth-order valence-electron chi connectivity index (χ4n) is 1.68. The number of hydrogen-bond donors (Lipinski definition) is 1. The van der Waals surface area contributed by atoms with Crippen molar-refractivity contribution in [3.63, 3.8) is 0 Å². The lowest BCUT2D eigenvalue weighted by Gasteiger charge is -2.22. The van der Waals surface area contributed by atoms with Crippen molar-refractivity contribution in [3.8, 4) is 0 Å². The van der Waals surface area contributed by atoms with Crippen molar-refractivity contribution >= 4 is 5.97 Å². The van der Waals surface area contributed by atoms with Gasteiger partial charge in [0.2, 0.25) is 0 Å². The fourth-order valence-corrected chi connectivity index (χ4v) is 1.68. The SMILES string of the molecule is CCC(C(=O)O)N(C)Cc1ncnn1CC. The van der Waals surface area contributed by atoms with E-state index >= 15 is 0 Å². The third-order valence-corrected chi connectivity index (χ3v) is 2.59. The first-order chi connectivity index (χ1) is 7.60. The quantitative estimate of drug-likeness (QED) is 0.768. The fraction of sp³-hybridized carbons (Fsp3) is 0.700. The molecule has 1 atom stereocenters. The lowest BCUT2D eigenvalue weighted by atomic mass is 10.2. The molecule has 1 N–H and O–H groups in total. The van der Waals surface area contributed by atoms with E-state index in [0.29, 0.717) is 13.0 Å². The molecule has 1 heterocycles. The lowest BCUT2D eigenvalue weighted by Crippen LogP contribution is -2.38. The van der Waals surface area contributed by atoms with Crippen LogP contribution in [0.25, 0.3) is 0 Å². The normalized spacial score (nSPS) is 13.0. The number of likely N-dealkylation sites (N-methyl/N-ethyl adjacent to an activating group) is 1. The second-order valence-electron chi connectivity index (χ2n) is 3.67. The number of aliphatic carboxylic acids is 1. The molecule has 0 aromatic carbocycles. The predicted octanol–water partition coefficient (Wildman–Crippen LogP) is 0.593. The van der Waals surface area contributed by atoms with Gasteiger partial charge in [0.1, 0.15) is 18.2 Å². The predicted molar refractivity (Wildman–Crippen MR) is 58.9 cm³/mol. The first-order valence-electron chi connectivity index (χ1n) is 5.39. The molecule has 0 saturated heterocycles. The molecule has 90 valence electrons. The maximum atomic E-state index is 11.0. The average molecular weight is 226 g/mol. The summed E-state index contributed by atoms with van der Waals surface area (Å²) in [5.74, 6) is -0.00253. The zero-order valence-corrected chi connectivity index (χ0v) is 9.92. The molecule has 0 saturated carbocycles. The number of aromatic nitrogens is 3. The number of hydrogen-bond acceptors (Lipinski definition) is 4. The molecule has 1 unspecified atom stereocenters. The number of carbonyl (C=O) groups is 1. The molecule has 0 aliphatic rings. The van der Waals surface area contributed by atoms with Crippen molar-refractivity contribution in [1.82, 2.24) is 19.7 Å². The summed E-state index contributed by atoms with van der Waals surface area (Å²) >= 11 is 0. The van der Waals surface area contributed by atoms with Gasteiger partial charge in [-0.2, -0.15) is 5.10 Å². The van der Waals surface area contributed by atoms with Gasteiger partial charge in [-0.3, -0.25) is 9.69 Å². The van der Waals surface area contributed by atoms with Crippen molar-refractivity contribution in [2.45, 2.75) is 39.4 Å². The minimum Gasteiger partial charge on any atom is -0.480 e. The molecule has 0 spiro atoms.